The van der Waals surface area contributed by atoms with E-state index in [9.17, 15) is 14.4 Å². The lowest BCUT2D eigenvalue weighted by Crippen LogP contribution is -2.51. The van der Waals surface area contributed by atoms with Crippen molar-refractivity contribution in [3.8, 4) is 0 Å². The Morgan fingerprint density at radius 3 is 2.41 bits per heavy atom. The third kappa shape index (κ3) is 2.91. The lowest BCUT2D eigenvalue weighted by molar-refractivity contribution is -0.138. The summed E-state index contributed by atoms with van der Waals surface area (Å²) in [5, 5.41) is 0. The van der Waals surface area contributed by atoms with Crippen LogP contribution in [0.15, 0.2) is 48.8 Å². The second kappa shape index (κ2) is 6.95. The molecule has 0 spiro atoms. The fourth-order valence-electron chi connectivity index (χ4n) is 4.03. The van der Waals surface area contributed by atoms with Gasteiger partial charge in [-0.3, -0.25) is 24.3 Å². The van der Waals surface area contributed by atoms with Gasteiger partial charge >= 0.3 is 0 Å². The maximum atomic E-state index is 13.3. The first-order valence-electron chi connectivity index (χ1n) is 9.27. The van der Waals surface area contributed by atoms with Crippen molar-refractivity contribution in [3.63, 3.8) is 0 Å². The quantitative estimate of drug-likeness (QED) is 0.786. The highest BCUT2D eigenvalue weighted by molar-refractivity contribution is 6.22. The summed E-state index contributed by atoms with van der Waals surface area (Å²) < 4.78 is 0. The zero-order valence-corrected chi connectivity index (χ0v) is 15.2. The van der Waals surface area contributed by atoms with Gasteiger partial charge in [0, 0.05) is 18.9 Å². The molecule has 1 aromatic heterocycles. The van der Waals surface area contributed by atoms with Crippen molar-refractivity contribution in [2.75, 3.05) is 6.54 Å². The zero-order chi connectivity index (χ0) is 19.0. The Kier molecular flexibility index (Phi) is 4.48. The van der Waals surface area contributed by atoms with Crippen LogP contribution in [0.5, 0.6) is 0 Å². The van der Waals surface area contributed by atoms with Gasteiger partial charge in [0.25, 0.3) is 11.8 Å². The number of rotatable bonds is 3. The Morgan fingerprint density at radius 2 is 1.78 bits per heavy atom. The van der Waals surface area contributed by atoms with E-state index in [1.165, 1.54) is 0 Å². The van der Waals surface area contributed by atoms with Gasteiger partial charge in [0.15, 0.2) is 0 Å². The number of hydrogen-bond acceptors (Lipinski definition) is 4. The van der Waals surface area contributed by atoms with E-state index < -0.39 is 17.9 Å². The number of aromatic nitrogens is 1. The van der Waals surface area contributed by atoms with Crippen LogP contribution >= 0.6 is 0 Å². The van der Waals surface area contributed by atoms with Crippen molar-refractivity contribution in [3.05, 3.63) is 65.5 Å². The summed E-state index contributed by atoms with van der Waals surface area (Å²) in [5.74, 6) is -0.990. The number of carbonyl (C=O) groups excluding carboxylic acids is 3. The number of likely N-dealkylation sites (tertiary alicyclic amines) is 1. The lowest BCUT2D eigenvalue weighted by Gasteiger charge is -2.38. The molecule has 138 valence electrons. The molecule has 6 nitrogen and oxygen atoms in total. The monoisotopic (exact) mass is 363 g/mol. The molecular weight excluding hydrogens is 342 g/mol. The van der Waals surface area contributed by atoms with Gasteiger partial charge in [-0.1, -0.05) is 18.2 Å². The van der Waals surface area contributed by atoms with Crippen molar-refractivity contribution in [2.45, 2.75) is 38.3 Å². The summed E-state index contributed by atoms with van der Waals surface area (Å²) in [4.78, 5) is 45.8. The molecule has 1 saturated heterocycles. The number of imide groups is 1. The smallest absolute Gasteiger partial charge is 0.262 e. The standard InChI is InChI=1S/C21H21N3O3/c1-14(24-20(26)16-8-2-3-9-17(16)21(24)27)19(25)23-12-5-4-10-18(23)15-7-6-11-22-13-15/h2-3,6-9,11,13-14,18H,4-5,10,12H2,1H3. The molecule has 0 bridgehead atoms. The molecule has 0 aliphatic carbocycles. The molecule has 0 N–H and O–H groups in total. The van der Waals surface area contributed by atoms with E-state index in [-0.39, 0.29) is 11.9 Å². The van der Waals surface area contributed by atoms with E-state index in [0.717, 1.165) is 29.7 Å². The van der Waals surface area contributed by atoms with Crippen LogP contribution < -0.4 is 0 Å². The number of amides is 3. The van der Waals surface area contributed by atoms with E-state index in [1.54, 1.807) is 48.5 Å². The summed E-state index contributed by atoms with van der Waals surface area (Å²) in [6, 6.07) is 9.63. The molecule has 27 heavy (non-hydrogen) atoms. The summed E-state index contributed by atoms with van der Waals surface area (Å²) in [6.45, 7) is 2.25. The van der Waals surface area contributed by atoms with Gasteiger partial charge in [0.05, 0.1) is 17.2 Å². The summed E-state index contributed by atoms with van der Waals surface area (Å²) in [7, 11) is 0. The molecule has 2 unspecified atom stereocenters. The first-order valence-corrected chi connectivity index (χ1v) is 9.27. The van der Waals surface area contributed by atoms with Gasteiger partial charge in [-0.25, -0.2) is 0 Å². The van der Waals surface area contributed by atoms with Gasteiger partial charge < -0.3 is 4.90 Å². The highest BCUT2D eigenvalue weighted by Crippen LogP contribution is 2.32. The fourth-order valence-corrected chi connectivity index (χ4v) is 4.03. The predicted molar refractivity (Wildman–Crippen MR) is 98.9 cm³/mol. The van der Waals surface area contributed by atoms with Gasteiger partial charge in [-0.05, 0) is 49.9 Å². The number of piperidine rings is 1. The molecule has 1 aromatic carbocycles. The Labute approximate surface area is 157 Å². The highest BCUT2D eigenvalue weighted by Gasteiger charge is 2.43. The first-order chi connectivity index (χ1) is 13.1. The highest BCUT2D eigenvalue weighted by atomic mass is 16.2. The van der Waals surface area contributed by atoms with Crippen molar-refractivity contribution in [2.24, 2.45) is 0 Å². The van der Waals surface area contributed by atoms with Gasteiger partial charge in [-0.2, -0.15) is 0 Å². The molecule has 2 aliphatic heterocycles. The third-order valence-electron chi connectivity index (χ3n) is 5.43. The van der Waals surface area contributed by atoms with Crippen LogP contribution in [0.2, 0.25) is 0 Å². The SMILES string of the molecule is CC(C(=O)N1CCCCC1c1cccnc1)N1C(=O)c2ccccc2C1=O. The minimum absolute atomic E-state index is 0.0717. The fraction of sp³-hybridized carbons (Fsp3) is 0.333. The van der Waals surface area contributed by atoms with E-state index >= 15 is 0 Å². The molecule has 6 heteroatoms. The number of benzene rings is 1. The second-order valence-electron chi connectivity index (χ2n) is 7.03. The predicted octanol–water partition coefficient (Wildman–Crippen LogP) is 2.82. The van der Waals surface area contributed by atoms with Crippen LogP contribution in [0.4, 0.5) is 0 Å². The molecule has 2 aromatic rings. The molecular formula is C21H21N3O3. The molecule has 1 fully saturated rings. The number of fused-ring (bicyclic) bond motifs is 1. The van der Waals surface area contributed by atoms with Gasteiger partial charge in [-0.15, -0.1) is 0 Å². The van der Waals surface area contributed by atoms with Crippen LogP contribution in [0.3, 0.4) is 0 Å². The van der Waals surface area contributed by atoms with Gasteiger partial charge in [0.1, 0.15) is 6.04 Å². The molecule has 0 radical (unpaired) electrons. The van der Waals surface area contributed by atoms with Crippen LogP contribution in [-0.2, 0) is 4.79 Å². The van der Waals surface area contributed by atoms with Gasteiger partial charge in [0.2, 0.25) is 5.91 Å². The minimum Gasteiger partial charge on any atom is -0.334 e. The van der Waals surface area contributed by atoms with E-state index in [4.69, 9.17) is 0 Å². The minimum atomic E-state index is -0.838. The summed E-state index contributed by atoms with van der Waals surface area (Å²) in [6.07, 6.45) is 6.29. The van der Waals surface area contributed by atoms with Crippen molar-refractivity contribution in [1.82, 2.24) is 14.8 Å². The van der Waals surface area contributed by atoms with Crippen LogP contribution in [0, 0.1) is 0 Å². The average Bonchev–Trinajstić information content (AvgIpc) is 2.98. The maximum Gasteiger partial charge on any atom is 0.262 e. The Morgan fingerprint density at radius 1 is 1.07 bits per heavy atom. The number of hydrogen-bond donors (Lipinski definition) is 0. The first kappa shape index (κ1) is 17.4. The number of nitrogens with zero attached hydrogens (tertiary/aromatic N) is 3. The average molecular weight is 363 g/mol. The Balaban J connectivity index is 1.60. The Bertz CT molecular complexity index is 862. The van der Waals surface area contributed by atoms with E-state index in [2.05, 4.69) is 4.98 Å². The number of carbonyl (C=O) groups is 3. The summed E-state index contributed by atoms with van der Waals surface area (Å²) >= 11 is 0. The van der Waals surface area contributed by atoms with Crippen molar-refractivity contribution >= 4 is 17.7 Å². The van der Waals surface area contributed by atoms with Crippen molar-refractivity contribution in [1.29, 1.82) is 0 Å². The largest absolute Gasteiger partial charge is 0.334 e. The third-order valence-corrected chi connectivity index (χ3v) is 5.43. The zero-order valence-electron chi connectivity index (χ0n) is 15.2. The Hall–Kier alpha value is -3.02. The van der Waals surface area contributed by atoms with Crippen molar-refractivity contribution < 1.29 is 14.4 Å². The summed E-state index contributed by atoms with van der Waals surface area (Å²) in [5.41, 5.74) is 1.72. The normalized spacial score (nSPS) is 20.6. The molecule has 3 amide bonds. The topological polar surface area (TPSA) is 70.6 Å². The maximum absolute atomic E-state index is 13.3. The lowest BCUT2D eigenvalue weighted by atomic mass is 9.95. The molecule has 3 heterocycles. The van der Waals surface area contributed by atoms with E-state index in [1.807, 2.05) is 12.1 Å². The van der Waals surface area contributed by atoms with Crippen LogP contribution in [0.1, 0.15) is 58.5 Å². The molecule has 2 atom stereocenters. The van der Waals surface area contributed by atoms with E-state index in [0.29, 0.717) is 17.7 Å². The molecule has 0 saturated carbocycles. The number of pyridine rings is 1. The van der Waals surface area contributed by atoms with Crippen LogP contribution in [0.25, 0.3) is 0 Å². The van der Waals surface area contributed by atoms with Crippen LogP contribution in [-0.4, -0.2) is 45.1 Å². The molecule has 4 rings (SSSR count). The molecule has 2 aliphatic rings. The second-order valence-corrected chi connectivity index (χ2v) is 7.03.